The predicted octanol–water partition coefficient (Wildman–Crippen LogP) is 4.73. The number of nitrogens with zero attached hydrogens (tertiary/aromatic N) is 2. The van der Waals surface area contributed by atoms with Crippen molar-refractivity contribution in [1.29, 1.82) is 0 Å². The molecular weight excluding hydrogens is 388 g/mol. The lowest BCUT2D eigenvalue weighted by atomic mass is 9.97. The average molecular weight is 415 g/mol. The molecule has 0 spiro atoms. The molecule has 3 rings (SSSR count). The summed E-state index contributed by atoms with van der Waals surface area (Å²) in [4.78, 5) is 29.9. The van der Waals surface area contributed by atoms with Crippen LogP contribution in [0.2, 0.25) is 0 Å². The summed E-state index contributed by atoms with van der Waals surface area (Å²) >= 11 is 1.09. The number of hydrogen-bond donors (Lipinski definition) is 0. The normalized spacial score (nSPS) is 12.3. The first-order valence-corrected chi connectivity index (χ1v) is 10.5. The lowest BCUT2D eigenvalue weighted by molar-refractivity contribution is 0.0905. The van der Waals surface area contributed by atoms with Crippen molar-refractivity contribution in [2.45, 2.75) is 39.5 Å². The number of benzene rings is 1. The van der Waals surface area contributed by atoms with Gasteiger partial charge in [0.25, 0.3) is 5.56 Å². The average Bonchev–Trinajstić information content (AvgIpc) is 3.05. The largest absolute Gasteiger partial charge is 0.493 e. The van der Waals surface area contributed by atoms with E-state index in [0.29, 0.717) is 34.2 Å². The van der Waals surface area contributed by atoms with Gasteiger partial charge in [-0.05, 0) is 59.6 Å². The van der Waals surface area contributed by atoms with Gasteiger partial charge in [0.15, 0.2) is 11.5 Å². The molecule has 2 heterocycles. The topological polar surface area (TPSA) is 70.4 Å². The third-order valence-electron chi connectivity index (χ3n) is 4.78. The number of fused-ring (bicyclic) bond motifs is 1. The number of ether oxygens (including phenoxy) is 2. The Hall–Kier alpha value is -2.67. The fourth-order valence-electron chi connectivity index (χ4n) is 3.01. The van der Waals surface area contributed by atoms with E-state index < -0.39 is 0 Å². The number of aromatic nitrogens is 2. The standard InChI is InChI=1S/C22H26N2O4S/c1-14(2)9-11-28-18-8-7-16(13-19(18)27-4)15(3)12-20(25)24-22(26)17-6-5-10-23-21(17)29-24/h5-8,10,13-15H,9,11-12H2,1-4H3. The molecule has 0 N–H and O–H groups in total. The molecule has 29 heavy (non-hydrogen) atoms. The van der Waals surface area contributed by atoms with Gasteiger partial charge in [-0.3, -0.25) is 9.59 Å². The zero-order valence-electron chi connectivity index (χ0n) is 17.2. The highest BCUT2D eigenvalue weighted by molar-refractivity contribution is 7.14. The molecule has 0 aliphatic heterocycles. The summed E-state index contributed by atoms with van der Waals surface area (Å²) in [7, 11) is 1.61. The molecule has 1 aromatic carbocycles. The SMILES string of the molecule is COc1cc(C(C)CC(=O)n2sc3ncccc3c2=O)ccc1OCCC(C)C. The van der Waals surface area contributed by atoms with Crippen molar-refractivity contribution >= 4 is 27.7 Å². The van der Waals surface area contributed by atoms with Gasteiger partial charge in [0.1, 0.15) is 4.83 Å². The van der Waals surface area contributed by atoms with Crippen LogP contribution in [-0.4, -0.2) is 28.6 Å². The first-order valence-electron chi connectivity index (χ1n) is 9.71. The van der Waals surface area contributed by atoms with Crippen LogP contribution in [0.3, 0.4) is 0 Å². The quantitative estimate of drug-likeness (QED) is 0.533. The maximum Gasteiger partial charge on any atom is 0.277 e. The van der Waals surface area contributed by atoms with Crippen LogP contribution in [0.15, 0.2) is 41.3 Å². The smallest absolute Gasteiger partial charge is 0.277 e. The van der Waals surface area contributed by atoms with Crippen molar-refractivity contribution in [3.8, 4) is 11.5 Å². The molecule has 0 aliphatic carbocycles. The van der Waals surface area contributed by atoms with E-state index in [4.69, 9.17) is 9.47 Å². The highest BCUT2D eigenvalue weighted by Crippen LogP contribution is 2.32. The van der Waals surface area contributed by atoms with E-state index >= 15 is 0 Å². The van der Waals surface area contributed by atoms with Crippen LogP contribution >= 0.6 is 11.5 Å². The Morgan fingerprint density at radius 3 is 2.69 bits per heavy atom. The minimum absolute atomic E-state index is 0.0776. The van der Waals surface area contributed by atoms with E-state index in [9.17, 15) is 9.59 Å². The van der Waals surface area contributed by atoms with E-state index in [1.807, 2.05) is 25.1 Å². The Labute approximate surface area is 174 Å². The van der Waals surface area contributed by atoms with Gasteiger partial charge >= 0.3 is 0 Å². The van der Waals surface area contributed by atoms with E-state index in [-0.39, 0.29) is 23.8 Å². The second-order valence-corrected chi connectivity index (χ2v) is 8.42. The van der Waals surface area contributed by atoms with E-state index in [2.05, 4.69) is 18.8 Å². The number of methoxy groups -OCH3 is 1. The summed E-state index contributed by atoms with van der Waals surface area (Å²) in [5.74, 6) is 1.60. The molecular formula is C22H26N2O4S. The van der Waals surface area contributed by atoms with Crippen molar-refractivity contribution in [1.82, 2.24) is 8.94 Å². The Morgan fingerprint density at radius 2 is 2.00 bits per heavy atom. The molecule has 7 heteroatoms. The van der Waals surface area contributed by atoms with Crippen molar-refractivity contribution in [2.75, 3.05) is 13.7 Å². The van der Waals surface area contributed by atoms with E-state index in [1.54, 1.807) is 25.4 Å². The van der Waals surface area contributed by atoms with Crippen molar-refractivity contribution in [2.24, 2.45) is 5.92 Å². The third kappa shape index (κ3) is 4.85. The van der Waals surface area contributed by atoms with Gasteiger partial charge in [-0.2, -0.15) is 3.96 Å². The fraction of sp³-hybridized carbons (Fsp3) is 0.409. The molecule has 0 aliphatic rings. The molecule has 0 saturated carbocycles. The molecule has 154 valence electrons. The summed E-state index contributed by atoms with van der Waals surface area (Å²) in [5, 5.41) is 0.475. The first kappa shape index (κ1) is 21.0. The third-order valence-corrected chi connectivity index (χ3v) is 5.83. The van der Waals surface area contributed by atoms with Gasteiger partial charge in [0.05, 0.1) is 19.1 Å². The second-order valence-electron chi connectivity index (χ2n) is 7.49. The lowest BCUT2D eigenvalue weighted by Gasteiger charge is -2.16. The van der Waals surface area contributed by atoms with Crippen molar-refractivity contribution in [3.63, 3.8) is 0 Å². The number of carbonyl (C=O) groups excluding carboxylic acids is 1. The number of pyridine rings is 1. The molecule has 1 atom stereocenters. The Balaban J connectivity index is 1.74. The van der Waals surface area contributed by atoms with Crippen LogP contribution < -0.4 is 15.0 Å². The van der Waals surface area contributed by atoms with Crippen LogP contribution in [0.4, 0.5) is 0 Å². The monoisotopic (exact) mass is 414 g/mol. The summed E-state index contributed by atoms with van der Waals surface area (Å²) in [5.41, 5.74) is 0.653. The van der Waals surface area contributed by atoms with E-state index in [1.165, 1.54) is 3.96 Å². The molecule has 0 bridgehead atoms. The highest BCUT2D eigenvalue weighted by Gasteiger charge is 2.19. The number of rotatable bonds is 8. The van der Waals surface area contributed by atoms with Crippen LogP contribution in [0.25, 0.3) is 10.2 Å². The van der Waals surface area contributed by atoms with Gasteiger partial charge < -0.3 is 9.47 Å². The Bertz CT molecular complexity index is 1050. The van der Waals surface area contributed by atoms with Crippen LogP contribution in [-0.2, 0) is 0 Å². The van der Waals surface area contributed by atoms with E-state index in [0.717, 1.165) is 23.5 Å². The molecule has 2 aromatic heterocycles. The minimum Gasteiger partial charge on any atom is -0.493 e. The van der Waals surface area contributed by atoms with Gasteiger partial charge in [-0.15, -0.1) is 0 Å². The summed E-state index contributed by atoms with van der Waals surface area (Å²) < 4.78 is 12.5. The summed E-state index contributed by atoms with van der Waals surface area (Å²) in [6.45, 7) is 6.90. The number of hydrogen-bond acceptors (Lipinski definition) is 6. The molecule has 0 saturated heterocycles. The number of carbonyl (C=O) groups is 1. The predicted molar refractivity (Wildman–Crippen MR) is 115 cm³/mol. The van der Waals surface area contributed by atoms with Crippen LogP contribution in [0, 0.1) is 5.92 Å². The molecule has 1 unspecified atom stereocenters. The van der Waals surface area contributed by atoms with Crippen molar-refractivity contribution < 1.29 is 14.3 Å². The fourth-order valence-corrected chi connectivity index (χ4v) is 3.90. The Kier molecular flexibility index (Phi) is 6.69. The van der Waals surface area contributed by atoms with Gasteiger partial charge in [-0.25, -0.2) is 4.98 Å². The minimum atomic E-state index is -0.304. The maximum atomic E-state index is 12.7. The first-order chi connectivity index (χ1) is 13.9. The zero-order chi connectivity index (χ0) is 21.0. The molecule has 6 nitrogen and oxygen atoms in total. The highest BCUT2D eigenvalue weighted by atomic mass is 32.1. The lowest BCUT2D eigenvalue weighted by Crippen LogP contribution is -2.22. The molecule has 3 aromatic rings. The van der Waals surface area contributed by atoms with Crippen LogP contribution in [0.5, 0.6) is 11.5 Å². The zero-order valence-corrected chi connectivity index (χ0v) is 18.0. The van der Waals surface area contributed by atoms with Gasteiger partial charge in [0, 0.05) is 12.6 Å². The van der Waals surface area contributed by atoms with Gasteiger partial charge in [0.2, 0.25) is 5.91 Å². The van der Waals surface area contributed by atoms with Crippen LogP contribution in [0.1, 0.15) is 49.9 Å². The van der Waals surface area contributed by atoms with Crippen molar-refractivity contribution in [3.05, 3.63) is 52.4 Å². The molecule has 0 fully saturated rings. The maximum absolute atomic E-state index is 12.7. The molecule has 0 amide bonds. The second kappa shape index (κ2) is 9.22. The molecule has 0 radical (unpaired) electrons. The summed E-state index contributed by atoms with van der Waals surface area (Å²) in [6.07, 6.45) is 2.80. The summed E-state index contributed by atoms with van der Waals surface area (Å²) in [6, 6.07) is 9.12. The Morgan fingerprint density at radius 1 is 1.21 bits per heavy atom. The van der Waals surface area contributed by atoms with Gasteiger partial charge in [-0.1, -0.05) is 26.8 Å².